The number of amides is 1. The molecule has 21 heavy (non-hydrogen) atoms. The Labute approximate surface area is 121 Å². The number of carbonyl (C=O) groups is 1. The predicted octanol–water partition coefficient (Wildman–Crippen LogP) is 0.957. The first-order valence-electron chi connectivity index (χ1n) is 7.01. The third-order valence-electron chi connectivity index (χ3n) is 3.60. The van der Waals surface area contributed by atoms with Gasteiger partial charge in [-0.05, 0) is 25.0 Å². The number of hydrogen-bond donors (Lipinski definition) is 1. The Morgan fingerprint density at radius 1 is 1.38 bits per heavy atom. The highest BCUT2D eigenvalue weighted by molar-refractivity contribution is 5.76. The lowest BCUT2D eigenvalue weighted by Gasteiger charge is -2.12. The van der Waals surface area contributed by atoms with E-state index in [2.05, 4.69) is 20.0 Å². The molecule has 110 valence electrons. The molecule has 1 amide bonds. The van der Waals surface area contributed by atoms with Crippen molar-refractivity contribution < 1.29 is 9.32 Å². The van der Waals surface area contributed by atoms with Crippen molar-refractivity contribution in [3.05, 3.63) is 34.9 Å². The minimum absolute atomic E-state index is 0.106. The van der Waals surface area contributed by atoms with Gasteiger partial charge in [-0.15, -0.1) is 0 Å². The number of pyridine rings is 1. The van der Waals surface area contributed by atoms with Crippen LogP contribution >= 0.6 is 0 Å². The van der Waals surface area contributed by atoms with Crippen molar-refractivity contribution in [1.82, 2.24) is 20.0 Å². The number of hydrogen-bond acceptors (Lipinski definition) is 5. The van der Waals surface area contributed by atoms with Gasteiger partial charge in [-0.2, -0.15) is 0 Å². The van der Waals surface area contributed by atoms with Crippen molar-refractivity contribution in [2.45, 2.75) is 38.3 Å². The van der Waals surface area contributed by atoms with Gasteiger partial charge in [0.25, 0.3) is 0 Å². The monoisotopic (exact) mass is 288 g/mol. The first-order valence-corrected chi connectivity index (χ1v) is 7.01. The highest BCUT2D eigenvalue weighted by Gasteiger charge is 2.20. The average Bonchev–Trinajstić information content (AvgIpc) is 3.11. The molecule has 7 nitrogen and oxygen atoms in total. The summed E-state index contributed by atoms with van der Waals surface area (Å²) >= 11 is 0. The molecule has 0 aliphatic heterocycles. The van der Waals surface area contributed by atoms with E-state index >= 15 is 0 Å². The average molecular weight is 288 g/mol. The second-order valence-electron chi connectivity index (χ2n) is 5.12. The van der Waals surface area contributed by atoms with E-state index in [-0.39, 0.29) is 24.3 Å². The molecule has 0 spiro atoms. The maximum absolute atomic E-state index is 12.0. The molecule has 0 unspecified atom stereocenters. The zero-order chi connectivity index (χ0) is 14.7. The molecule has 1 aliphatic carbocycles. The van der Waals surface area contributed by atoms with Crippen molar-refractivity contribution in [3.8, 4) is 11.5 Å². The van der Waals surface area contributed by atoms with Crippen LogP contribution in [0, 0.1) is 0 Å². The summed E-state index contributed by atoms with van der Waals surface area (Å²) in [6.07, 6.45) is 5.86. The van der Waals surface area contributed by atoms with Crippen molar-refractivity contribution in [2.75, 3.05) is 0 Å². The molecule has 1 saturated carbocycles. The molecule has 1 N–H and O–H groups in total. The Bertz CT molecular complexity index is 671. The van der Waals surface area contributed by atoms with E-state index in [0.717, 1.165) is 25.7 Å². The summed E-state index contributed by atoms with van der Waals surface area (Å²) < 4.78 is 5.86. The van der Waals surface area contributed by atoms with Crippen LogP contribution in [0.4, 0.5) is 0 Å². The van der Waals surface area contributed by atoms with E-state index in [4.69, 9.17) is 0 Å². The molecule has 1 fully saturated rings. The number of aromatic nitrogens is 3. The molecule has 0 bridgehead atoms. The molecular weight excluding hydrogens is 272 g/mol. The Balaban J connectivity index is 1.77. The first-order chi connectivity index (χ1) is 10.2. The van der Waals surface area contributed by atoms with E-state index < -0.39 is 5.76 Å². The minimum atomic E-state index is -0.655. The van der Waals surface area contributed by atoms with Crippen LogP contribution < -0.4 is 11.1 Å². The highest BCUT2D eigenvalue weighted by Crippen LogP contribution is 2.17. The van der Waals surface area contributed by atoms with Crippen LogP contribution in [0.5, 0.6) is 0 Å². The molecular formula is C14H16N4O3. The lowest BCUT2D eigenvalue weighted by molar-refractivity contribution is -0.122. The van der Waals surface area contributed by atoms with E-state index in [1.807, 2.05) is 0 Å². The number of nitrogens with one attached hydrogen (secondary N) is 1. The highest BCUT2D eigenvalue weighted by atomic mass is 16.5. The summed E-state index contributed by atoms with van der Waals surface area (Å²) in [4.78, 5) is 27.9. The van der Waals surface area contributed by atoms with E-state index in [0.29, 0.717) is 5.69 Å². The van der Waals surface area contributed by atoms with Crippen LogP contribution in [0.1, 0.15) is 25.7 Å². The van der Waals surface area contributed by atoms with Crippen molar-refractivity contribution in [1.29, 1.82) is 0 Å². The van der Waals surface area contributed by atoms with Gasteiger partial charge in [0.1, 0.15) is 12.2 Å². The molecule has 2 aromatic heterocycles. The molecule has 0 radical (unpaired) electrons. The topological polar surface area (TPSA) is 90.0 Å². The van der Waals surface area contributed by atoms with Gasteiger partial charge in [-0.1, -0.05) is 24.1 Å². The fraction of sp³-hybridized carbons (Fsp3) is 0.429. The van der Waals surface area contributed by atoms with Gasteiger partial charge in [-0.3, -0.25) is 14.3 Å². The number of nitrogens with zero attached hydrogens (tertiary/aromatic N) is 3. The molecule has 1 aliphatic rings. The predicted molar refractivity (Wildman–Crippen MR) is 74.4 cm³/mol. The van der Waals surface area contributed by atoms with Gasteiger partial charge in [-0.25, -0.2) is 9.36 Å². The largest absolute Gasteiger partial charge is 0.442 e. The van der Waals surface area contributed by atoms with E-state index in [9.17, 15) is 9.59 Å². The van der Waals surface area contributed by atoms with Crippen molar-refractivity contribution >= 4 is 5.91 Å². The second kappa shape index (κ2) is 5.90. The summed E-state index contributed by atoms with van der Waals surface area (Å²) in [6.45, 7) is -0.106. The summed E-state index contributed by atoms with van der Waals surface area (Å²) in [7, 11) is 0. The van der Waals surface area contributed by atoms with E-state index in [1.165, 1.54) is 4.57 Å². The standard InChI is InChI=1S/C14H16N4O3/c19-12(16-10-5-1-2-6-10)9-18-13(17-21-14(18)20)11-7-3-4-8-15-11/h3-4,7-8,10H,1-2,5-6,9H2,(H,16,19). The summed E-state index contributed by atoms with van der Waals surface area (Å²) in [5.74, 6) is -0.594. The summed E-state index contributed by atoms with van der Waals surface area (Å²) in [5.41, 5.74) is 0.497. The molecule has 7 heteroatoms. The normalized spacial score (nSPS) is 15.2. The fourth-order valence-electron chi connectivity index (χ4n) is 2.57. The SMILES string of the molecule is O=C(Cn1c(-c2ccccn2)noc1=O)NC1CCCC1. The van der Waals surface area contributed by atoms with Crippen LogP contribution in [0.2, 0.25) is 0 Å². The van der Waals surface area contributed by atoms with E-state index in [1.54, 1.807) is 24.4 Å². The number of rotatable bonds is 4. The Morgan fingerprint density at radius 3 is 2.90 bits per heavy atom. The Hall–Kier alpha value is -2.44. The second-order valence-corrected chi connectivity index (χ2v) is 5.12. The van der Waals surface area contributed by atoms with Crippen LogP contribution in [0.3, 0.4) is 0 Å². The van der Waals surface area contributed by atoms with Gasteiger partial charge >= 0.3 is 5.76 Å². The maximum Gasteiger partial charge on any atom is 0.442 e. The lowest BCUT2D eigenvalue weighted by atomic mass is 10.2. The number of carbonyl (C=O) groups excluding carboxylic acids is 1. The smallest absolute Gasteiger partial charge is 0.352 e. The Morgan fingerprint density at radius 2 is 2.19 bits per heavy atom. The zero-order valence-corrected chi connectivity index (χ0v) is 11.5. The third-order valence-corrected chi connectivity index (χ3v) is 3.60. The Kier molecular flexibility index (Phi) is 3.81. The van der Waals surface area contributed by atoms with Crippen molar-refractivity contribution in [3.63, 3.8) is 0 Å². The summed E-state index contributed by atoms with van der Waals surface area (Å²) in [6, 6.07) is 5.47. The third kappa shape index (κ3) is 3.01. The molecule has 0 saturated heterocycles. The zero-order valence-electron chi connectivity index (χ0n) is 11.5. The van der Waals surface area contributed by atoms with Crippen LogP contribution in [0.15, 0.2) is 33.7 Å². The van der Waals surface area contributed by atoms with Gasteiger partial charge < -0.3 is 5.32 Å². The molecule has 0 atom stereocenters. The van der Waals surface area contributed by atoms with Crippen molar-refractivity contribution in [2.24, 2.45) is 0 Å². The minimum Gasteiger partial charge on any atom is -0.352 e. The molecule has 2 heterocycles. The maximum atomic E-state index is 12.0. The van der Waals surface area contributed by atoms with Gasteiger partial charge in [0.2, 0.25) is 11.7 Å². The quantitative estimate of drug-likeness (QED) is 0.905. The van der Waals surface area contributed by atoms with Crippen LogP contribution in [-0.4, -0.2) is 26.7 Å². The van der Waals surface area contributed by atoms with Crippen LogP contribution in [0.25, 0.3) is 11.5 Å². The van der Waals surface area contributed by atoms with Crippen LogP contribution in [-0.2, 0) is 11.3 Å². The fourth-order valence-corrected chi connectivity index (χ4v) is 2.57. The van der Waals surface area contributed by atoms with Gasteiger partial charge in [0.15, 0.2) is 0 Å². The van der Waals surface area contributed by atoms with Gasteiger partial charge in [0.05, 0.1) is 0 Å². The first kappa shape index (κ1) is 13.5. The molecule has 3 rings (SSSR count). The lowest BCUT2D eigenvalue weighted by Crippen LogP contribution is -2.37. The molecule has 0 aromatic carbocycles. The van der Waals surface area contributed by atoms with Gasteiger partial charge in [0, 0.05) is 12.2 Å². The summed E-state index contributed by atoms with van der Waals surface area (Å²) in [5, 5.41) is 6.64. The molecule has 2 aromatic rings.